The second-order valence-corrected chi connectivity index (χ2v) is 4.59. The average Bonchev–Trinajstić information content (AvgIpc) is 1.82. The van der Waals surface area contributed by atoms with Gasteiger partial charge in [0, 0.05) is 5.54 Å². The van der Waals surface area contributed by atoms with Gasteiger partial charge in [-0.3, -0.25) is 9.59 Å². The Balaban J connectivity index is 4.33. The number of nitrogens with one attached hydrogen (secondary N) is 2. The summed E-state index contributed by atoms with van der Waals surface area (Å²) in [5.41, 5.74) is -1.13. The highest BCUT2D eigenvalue weighted by atomic mass is 16.2. The van der Waals surface area contributed by atoms with Crippen LogP contribution in [-0.4, -0.2) is 23.4 Å². The van der Waals surface area contributed by atoms with Crippen molar-refractivity contribution in [1.29, 1.82) is 0 Å². The van der Waals surface area contributed by atoms with Crippen LogP contribution in [0.25, 0.3) is 0 Å². The van der Waals surface area contributed by atoms with Crippen LogP contribution in [0.5, 0.6) is 0 Å². The molecule has 0 radical (unpaired) electrons. The van der Waals surface area contributed by atoms with E-state index in [1.807, 2.05) is 20.8 Å². The van der Waals surface area contributed by atoms with E-state index in [9.17, 15) is 9.59 Å². The number of amides is 2. The molecular weight excluding hydrogens is 168 g/mol. The minimum atomic E-state index is -0.852. The average molecular weight is 186 g/mol. The third kappa shape index (κ3) is 4.50. The number of carbonyl (C=O) groups is 2. The summed E-state index contributed by atoms with van der Waals surface area (Å²) < 4.78 is 0. The molecule has 0 aliphatic heterocycles. The molecule has 0 atom stereocenters. The van der Waals surface area contributed by atoms with Crippen LogP contribution in [0.2, 0.25) is 0 Å². The molecule has 0 aromatic rings. The van der Waals surface area contributed by atoms with Crippen molar-refractivity contribution in [3.63, 3.8) is 0 Å². The van der Waals surface area contributed by atoms with Crippen LogP contribution in [0.4, 0.5) is 0 Å². The van der Waals surface area contributed by atoms with Gasteiger partial charge >= 0.3 is 0 Å². The molecule has 13 heavy (non-hydrogen) atoms. The highest BCUT2D eigenvalue weighted by molar-refractivity contribution is 5.87. The molecule has 0 bridgehead atoms. The first-order chi connectivity index (χ1) is 5.69. The molecular formula is C9H18N2O2. The lowest BCUT2D eigenvalue weighted by atomic mass is 10.0. The van der Waals surface area contributed by atoms with Crippen molar-refractivity contribution >= 4 is 12.3 Å². The molecule has 4 heteroatoms. The van der Waals surface area contributed by atoms with Crippen molar-refractivity contribution in [1.82, 2.24) is 10.6 Å². The Morgan fingerprint density at radius 1 is 1.15 bits per heavy atom. The van der Waals surface area contributed by atoms with E-state index in [1.54, 1.807) is 13.8 Å². The van der Waals surface area contributed by atoms with Gasteiger partial charge in [-0.2, -0.15) is 0 Å². The van der Waals surface area contributed by atoms with Crippen LogP contribution in [0.1, 0.15) is 34.6 Å². The fourth-order valence-corrected chi connectivity index (χ4v) is 0.710. The van der Waals surface area contributed by atoms with Crippen molar-refractivity contribution in [2.75, 3.05) is 0 Å². The number of rotatable bonds is 3. The van der Waals surface area contributed by atoms with E-state index in [0.29, 0.717) is 6.41 Å². The van der Waals surface area contributed by atoms with Gasteiger partial charge in [0.2, 0.25) is 12.3 Å². The first-order valence-electron chi connectivity index (χ1n) is 4.23. The summed E-state index contributed by atoms with van der Waals surface area (Å²) in [6, 6.07) is 0. The van der Waals surface area contributed by atoms with E-state index in [1.165, 1.54) is 0 Å². The molecule has 0 rings (SSSR count). The fraction of sp³-hybridized carbons (Fsp3) is 0.778. The highest BCUT2D eigenvalue weighted by Crippen LogP contribution is 2.05. The van der Waals surface area contributed by atoms with Crippen LogP contribution >= 0.6 is 0 Å². The summed E-state index contributed by atoms with van der Waals surface area (Å²) in [6.07, 6.45) is 0.530. The predicted octanol–water partition coefficient (Wildman–Crippen LogP) is 0.426. The molecule has 0 heterocycles. The van der Waals surface area contributed by atoms with E-state index < -0.39 is 5.54 Å². The van der Waals surface area contributed by atoms with Gasteiger partial charge < -0.3 is 10.6 Å². The van der Waals surface area contributed by atoms with E-state index in [-0.39, 0.29) is 11.4 Å². The van der Waals surface area contributed by atoms with Gasteiger partial charge in [-0.1, -0.05) is 0 Å². The van der Waals surface area contributed by atoms with Gasteiger partial charge in [-0.25, -0.2) is 0 Å². The maximum absolute atomic E-state index is 11.5. The summed E-state index contributed by atoms with van der Waals surface area (Å²) in [6.45, 7) is 8.98. The second kappa shape index (κ2) is 3.77. The van der Waals surface area contributed by atoms with Crippen molar-refractivity contribution in [2.24, 2.45) is 0 Å². The smallest absolute Gasteiger partial charge is 0.245 e. The van der Waals surface area contributed by atoms with E-state index in [4.69, 9.17) is 0 Å². The van der Waals surface area contributed by atoms with Crippen molar-refractivity contribution in [2.45, 2.75) is 45.7 Å². The van der Waals surface area contributed by atoms with E-state index in [0.717, 1.165) is 0 Å². The zero-order valence-electron chi connectivity index (χ0n) is 8.89. The molecule has 2 N–H and O–H groups in total. The van der Waals surface area contributed by atoms with Gasteiger partial charge in [0.05, 0.1) is 0 Å². The summed E-state index contributed by atoms with van der Waals surface area (Å²) in [7, 11) is 0. The lowest BCUT2D eigenvalue weighted by Gasteiger charge is -2.28. The minimum Gasteiger partial charge on any atom is -0.349 e. The Bertz CT molecular complexity index is 204. The third-order valence-corrected chi connectivity index (χ3v) is 1.48. The van der Waals surface area contributed by atoms with E-state index >= 15 is 0 Å². The maximum atomic E-state index is 11.5. The first kappa shape index (κ1) is 11.9. The largest absolute Gasteiger partial charge is 0.349 e. The molecule has 0 saturated heterocycles. The monoisotopic (exact) mass is 186 g/mol. The number of carbonyl (C=O) groups excluding carboxylic acids is 2. The Hall–Kier alpha value is -1.06. The van der Waals surface area contributed by atoms with Gasteiger partial charge in [0.15, 0.2) is 0 Å². The predicted molar refractivity (Wildman–Crippen MR) is 51.2 cm³/mol. The first-order valence-corrected chi connectivity index (χ1v) is 4.23. The molecule has 76 valence electrons. The van der Waals surface area contributed by atoms with Gasteiger partial charge in [-0.05, 0) is 34.6 Å². The molecule has 0 aromatic heterocycles. The lowest BCUT2D eigenvalue weighted by molar-refractivity contribution is -0.130. The zero-order valence-corrected chi connectivity index (χ0v) is 8.89. The zero-order chi connectivity index (χ0) is 10.7. The Labute approximate surface area is 79.1 Å². The normalized spacial score (nSPS) is 12.1. The van der Waals surface area contributed by atoms with Crippen LogP contribution in [0.3, 0.4) is 0 Å². The third-order valence-electron chi connectivity index (χ3n) is 1.48. The van der Waals surface area contributed by atoms with Crippen LogP contribution < -0.4 is 10.6 Å². The quantitative estimate of drug-likeness (QED) is 0.628. The minimum absolute atomic E-state index is 0.188. The molecule has 2 amide bonds. The van der Waals surface area contributed by atoms with Crippen molar-refractivity contribution in [3.8, 4) is 0 Å². The van der Waals surface area contributed by atoms with Gasteiger partial charge in [-0.15, -0.1) is 0 Å². The molecule has 0 spiro atoms. The topological polar surface area (TPSA) is 58.2 Å². The van der Waals surface area contributed by atoms with Crippen LogP contribution in [0.15, 0.2) is 0 Å². The van der Waals surface area contributed by atoms with Crippen molar-refractivity contribution < 1.29 is 9.59 Å². The maximum Gasteiger partial charge on any atom is 0.245 e. The summed E-state index contributed by atoms with van der Waals surface area (Å²) in [5, 5.41) is 5.24. The molecule has 4 nitrogen and oxygen atoms in total. The lowest BCUT2D eigenvalue weighted by Crippen LogP contribution is -2.56. The second-order valence-electron chi connectivity index (χ2n) is 4.59. The Morgan fingerprint density at radius 3 is 1.92 bits per heavy atom. The van der Waals surface area contributed by atoms with Gasteiger partial charge in [0.25, 0.3) is 0 Å². The Kier molecular flexibility index (Phi) is 3.46. The van der Waals surface area contributed by atoms with Crippen molar-refractivity contribution in [3.05, 3.63) is 0 Å². The Morgan fingerprint density at radius 2 is 1.62 bits per heavy atom. The summed E-state index contributed by atoms with van der Waals surface area (Å²) in [4.78, 5) is 21.7. The fourth-order valence-electron chi connectivity index (χ4n) is 0.710. The van der Waals surface area contributed by atoms with Crippen LogP contribution in [-0.2, 0) is 9.59 Å². The molecule has 0 aromatic carbocycles. The summed E-state index contributed by atoms with van der Waals surface area (Å²) >= 11 is 0. The molecule has 0 unspecified atom stereocenters. The molecule has 0 saturated carbocycles. The van der Waals surface area contributed by atoms with Gasteiger partial charge in [0.1, 0.15) is 5.54 Å². The highest BCUT2D eigenvalue weighted by Gasteiger charge is 2.29. The standard InChI is InChI=1S/C9H18N2O2/c1-8(2,3)11-7(13)9(4,5)10-6-12/h6H,1-5H3,(H,10,12)(H,11,13). The SMILES string of the molecule is CC(C)(C)NC(=O)C(C)(C)NC=O. The molecule has 0 fully saturated rings. The molecule has 0 aliphatic carbocycles. The molecule has 0 aliphatic rings. The van der Waals surface area contributed by atoms with Crippen LogP contribution in [0, 0.1) is 0 Å². The van der Waals surface area contributed by atoms with E-state index in [2.05, 4.69) is 10.6 Å². The summed E-state index contributed by atoms with van der Waals surface area (Å²) in [5.74, 6) is -0.188. The number of hydrogen-bond donors (Lipinski definition) is 2. The number of hydrogen-bond acceptors (Lipinski definition) is 2.